The summed E-state index contributed by atoms with van der Waals surface area (Å²) >= 11 is 0. The van der Waals surface area contributed by atoms with E-state index in [1.54, 1.807) is 6.07 Å². The quantitative estimate of drug-likeness (QED) is 0.905. The minimum Gasteiger partial charge on any atom is -0.406 e. The van der Waals surface area contributed by atoms with E-state index in [1.165, 1.54) is 18.6 Å². The summed E-state index contributed by atoms with van der Waals surface area (Å²) in [7, 11) is 1.94. The van der Waals surface area contributed by atoms with E-state index in [0.29, 0.717) is 12.5 Å². The molecule has 0 amide bonds. The number of piperidine rings is 1. The van der Waals surface area contributed by atoms with Gasteiger partial charge in [-0.15, -0.1) is 13.2 Å². The number of benzene rings is 1. The molecule has 1 aliphatic rings. The van der Waals surface area contributed by atoms with E-state index in [1.807, 2.05) is 13.1 Å². The molecule has 1 aromatic carbocycles. The smallest absolute Gasteiger partial charge is 0.406 e. The molecule has 1 N–H and O–H groups in total. The molecule has 1 heterocycles. The molecule has 1 aromatic rings. The van der Waals surface area contributed by atoms with Gasteiger partial charge >= 0.3 is 6.36 Å². The fourth-order valence-electron chi connectivity index (χ4n) is 2.85. The Morgan fingerprint density at radius 2 is 2.19 bits per heavy atom. The van der Waals surface area contributed by atoms with E-state index < -0.39 is 6.36 Å². The van der Waals surface area contributed by atoms with Crippen molar-refractivity contribution < 1.29 is 17.9 Å². The molecular weight excluding hydrogens is 281 g/mol. The lowest BCUT2D eigenvalue weighted by Crippen LogP contribution is -2.38. The maximum absolute atomic E-state index is 12.2. The Bertz CT molecular complexity index is 449. The number of hydrogen-bond acceptors (Lipinski definition) is 3. The Kier molecular flexibility index (Phi) is 5.47. The molecule has 1 fully saturated rings. The predicted molar refractivity (Wildman–Crippen MR) is 75.1 cm³/mol. The molecule has 6 heteroatoms. The summed E-state index contributed by atoms with van der Waals surface area (Å²) in [5.74, 6) is 0.460. The van der Waals surface area contributed by atoms with Gasteiger partial charge in [0, 0.05) is 13.1 Å². The van der Waals surface area contributed by atoms with Crippen molar-refractivity contribution in [3.8, 4) is 5.75 Å². The van der Waals surface area contributed by atoms with Gasteiger partial charge in [-0.1, -0.05) is 12.1 Å². The molecule has 1 unspecified atom stereocenters. The second kappa shape index (κ2) is 7.13. The molecule has 3 nitrogen and oxygen atoms in total. The van der Waals surface area contributed by atoms with Crippen LogP contribution >= 0.6 is 0 Å². The Morgan fingerprint density at radius 1 is 1.38 bits per heavy atom. The van der Waals surface area contributed by atoms with Gasteiger partial charge in [0.05, 0.1) is 0 Å². The molecule has 1 saturated heterocycles. The highest BCUT2D eigenvalue weighted by molar-refractivity contribution is 5.28. The highest BCUT2D eigenvalue weighted by Crippen LogP contribution is 2.24. The van der Waals surface area contributed by atoms with Crippen molar-refractivity contribution in [2.45, 2.75) is 25.7 Å². The van der Waals surface area contributed by atoms with Gasteiger partial charge in [0.2, 0.25) is 0 Å². The summed E-state index contributed by atoms with van der Waals surface area (Å²) < 4.78 is 40.6. The van der Waals surface area contributed by atoms with Gasteiger partial charge in [-0.05, 0) is 56.6 Å². The van der Waals surface area contributed by atoms with Crippen LogP contribution < -0.4 is 10.1 Å². The van der Waals surface area contributed by atoms with Crippen molar-refractivity contribution in [1.29, 1.82) is 0 Å². The van der Waals surface area contributed by atoms with Crippen LogP contribution in [0.15, 0.2) is 24.3 Å². The van der Waals surface area contributed by atoms with Crippen LogP contribution in [0.3, 0.4) is 0 Å². The maximum Gasteiger partial charge on any atom is 0.573 e. The molecule has 118 valence electrons. The van der Waals surface area contributed by atoms with E-state index in [2.05, 4.69) is 15.0 Å². The van der Waals surface area contributed by atoms with Crippen LogP contribution in [0.5, 0.6) is 5.75 Å². The molecule has 21 heavy (non-hydrogen) atoms. The second-order valence-corrected chi connectivity index (χ2v) is 5.50. The monoisotopic (exact) mass is 302 g/mol. The summed E-state index contributed by atoms with van der Waals surface area (Å²) in [5, 5.41) is 3.19. The molecular formula is C15H21F3N2O. The molecule has 1 aliphatic heterocycles. The van der Waals surface area contributed by atoms with Gasteiger partial charge in [0.25, 0.3) is 0 Å². The summed E-state index contributed by atoms with van der Waals surface area (Å²) in [4.78, 5) is 2.29. The summed E-state index contributed by atoms with van der Waals surface area (Å²) in [5.41, 5.74) is 0.849. The van der Waals surface area contributed by atoms with Crippen molar-refractivity contribution in [3.63, 3.8) is 0 Å². The Hall–Kier alpha value is -1.27. The number of nitrogens with one attached hydrogen (secondary N) is 1. The minimum absolute atomic E-state index is 0.149. The number of ether oxygens (including phenoxy) is 1. The number of nitrogens with zero attached hydrogens (tertiary/aromatic N) is 1. The zero-order valence-corrected chi connectivity index (χ0v) is 12.1. The molecule has 0 spiro atoms. The first-order valence-corrected chi connectivity index (χ1v) is 7.18. The summed E-state index contributed by atoms with van der Waals surface area (Å²) in [6.45, 7) is 3.61. The van der Waals surface area contributed by atoms with E-state index in [0.717, 1.165) is 31.6 Å². The van der Waals surface area contributed by atoms with Crippen molar-refractivity contribution in [3.05, 3.63) is 29.8 Å². The second-order valence-electron chi connectivity index (χ2n) is 5.50. The fourth-order valence-corrected chi connectivity index (χ4v) is 2.85. The van der Waals surface area contributed by atoms with Gasteiger partial charge in [-0.3, -0.25) is 4.90 Å². The van der Waals surface area contributed by atoms with E-state index in [9.17, 15) is 13.2 Å². The van der Waals surface area contributed by atoms with Crippen LogP contribution in [0.1, 0.15) is 18.4 Å². The van der Waals surface area contributed by atoms with Crippen molar-refractivity contribution in [2.24, 2.45) is 5.92 Å². The molecule has 0 aromatic heterocycles. The van der Waals surface area contributed by atoms with Crippen LogP contribution in [-0.4, -0.2) is 37.9 Å². The highest BCUT2D eigenvalue weighted by atomic mass is 19.4. The SMILES string of the molecule is CNCC1CCCN(Cc2cccc(OC(F)(F)F)c2)C1. The van der Waals surface area contributed by atoms with Gasteiger partial charge in [0.1, 0.15) is 5.75 Å². The number of hydrogen-bond donors (Lipinski definition) is 1. The number of halogens is 3. The van der Waals surface area contributed by atoms with E-state index in [-0.39, 0.29) is 5.75 Å². The third-order valence-corrected chi connectivity index (χ3v) is 3.63. The Balaban J connectivity index is 1.94. The highest BCUT2D eigenvalue weighted by Gasteiger charge is 2.31. The lowest BCUT2D eigenvalue weighted by atomic mass is 9.97. The van der Waals surface area contributed by atoms with E-state index in [4.69, 9.17) is 0 Å². The summed E-state index contributed by atoms with van der Waals surface area (Å²) in [6, 6.07) is 6.24. The number of likely N-dealkylation sites (tertiary alicyclic amines) is 1. The van der Waals surface area contributed by atoms with Gasteiger partial charge < -0.3 is 10.1 Å². The Labute approximate surface area is 123 Å². The van der Waals surface area contributed by atoms with Gasteiger partial charge in [0.15, 0.2) is 0 Å². The molecule has 0 aliphatic carbocycles. The molecule has 1 atom stereocenters. The average molecular weight is 302 g/mol. The Morgan fingerprint density at radius 3 is 2.90 bits per heavy atom. The molecule has 2 rings (SSSR count). The van der Waals surface area contributed by atoms with Crippen LogP contribution in [0.4, 0.5) is 13.2 Å². The fraction of sp³-hybridized carbons (Fsp3) is 0.600. The normalized spacial score (nSPS) is 20.5. The van der Waals surface area contributed by atoms with Crippen LogP contribution in [0, 0.1) is 5.92 Å². The first-order valence-electron chi connectivity index (χ1n) is 7.18. The summed E-state index contributed by atoms with van der Waals surface area (Å²) in [6.07, 6.45) is -2.30. The lowest BCUT2D eigenvalue weighted by Gasteiger charge is -2.32. The molecule has 0 bridgehead atoms. The van der Waals surface area contributed by atoms with Crippen molar-refractivity contribution in [1.82, 2.24) is 10.2 Å². The van der Waals surface area contributed by atoms with Crippen LogP contribution in [0.25, 0.3) is 0 Å². The zero-order chi connectivity index (χ0) is 15.3. The molecule has 0 saturated carbocycles. The first-order chi connectivity index (χ1) is 9.96. The first kappa shape index (κ1) is 16.1. The third-order valence-electron chi connectivity index (χ3n) is 3.63. The van der Waals surface area contributed by atoms with Gasteiger partial charge in [-0.2, -0.15) is 0 Å². The van der Waals surface area contributed by atoms with E-state index >= 15 is 0 Å². The largest absolute Gasteiger partial charge is 0.573 e. The molecule has 0 radical (unpaired) electrons. The number of rotatable bonds is 5. The van der Waals surface area contributed by atoms with Crippen LogP contribution in [-0.2, 0) is 6.54 Å². The van der Waals surface area contributed by atoms with Crippen LogP contribution in [0.2, 0.25) is 0 Å². The minimum atomic E-state index is -4.64. The maximum atomic E-state index is 12.2. The third kappa shape index (κ3) is 5.55. The number of alkyl halides is 3. The predicted octanol–water partition coefficient (Wildman–Crippen LogP) is 3.02. The average Bonchev–Trinajstić information content (AvgIpc) is 2.38. The standard InChI is InChI=1S/C15H21F3N2O/c1-19-9-13-5-3-7-20(11-13)10-12-4-2-6-14(8-12)21-15(16,17)18/h2,4,6,8,13,19H,3,5,7,9-11H2,1H3. The topological polar surface area (TPSA) is 24.5 Å². The zero-order valence-electron chi connectivity index (χ0n) is 12.1. The van der Waals surface area contributed by atoms with Gasteiger partial charge in [-0.25, -0.2) is 0 Å². The van der Waals surface area contributed by atoms with Crippen molar-refractivity contribution >= 4 is 0 Å². The lowest BCUT2D eigenvalue weighted by molar-refractivity contribution is -0.274. The van der Waals surface area contributed by atoms with Crippen molar-refractivity contribution in [2.75, 3.05) is 26.7 Å².